The van der Waals surface area contributed by atoms with Crippen molar-refractivity contribution in [3.05, 3.63) is 27.8 Å². The number of carbonyl (C=O) groups excluding carboxylic acids is 1. The quantitative estimate of drug-likeness (QED) is 0.661. The van der Waals surface area contributed by atoms with Crippen LogP contribution < -0.4 is 4.74 Å². The van der Waals surface area contributed by atoms with Gasteiger partial charge in [-0.2, -0.15) is 0 Å². The van der Waals surface area contributed by atoms with Crippen molar-refractivity contribution in [1.29, 1.82) is 0 Å². The van der Waals surface area contributed by atoms with Crippen LogP contribution >= 0.6 is 0 Å². The molecule has 3 nitrogen and oxygen atoms in total. The molecule has 0 fully saturated rings. The Kier molecular flexibility index (Phi) is 2.18. The minimum atomic E-state index is -0.212. The number of carbonyl (C=O) groups is 1. The average Bonchev–Trinajstić information content (AvgIpc) is 2.58. The number of methoxy groups -OCH3 is 1. The molecule has 0 radical (unpaired) electrons. The highest BCUT2D eigenvalue weighted by Crippen LogP contribution is 2.36. The largest absolute Gasteiger partial charge is 0.496 e. The highest BCUT2D eigenvalue weighted by molar-refractivity contribution is 5.96. The Morgan fingerprint density at radius 2 is 1.80 bits per heavy atom. The SMILES string of the molecule is COc1c(C)c(C)c2c(c1C)COC2=O. The molecule has 0 saturated carbocycles. The van der Waals surface area contributed by atoms with Gasteiger partial charge < -0.3 is 9.47 Å². The van der Waals surface area contributed by atoms with Crippen molar-refractivity contribution in [2.75, 3.05) is 7.11 Å². The second kappa shape index (κ2) is 3.26. The first kappa shape index (κ1) is 10.0. The number of hydrogen-bond donors (Lipinski definition) is 0. The van der Waals surface area contributed by atoms with Crippen molar-refractivity contribution in [3.63, 3.8) is 0 Å². The summed E-state index contributed by atoms with van der Waals surface area (Å²) in [6.45, 7) is 6.24. The molecule has 1 aliphatic rings. The molecule has 0 bridgehead atoms. The molecule has 1 aromatic rings. The van der Waals surface area contributed by atoms with Gasteiger partial charge in [-0.15, -0.1) is 0 Å². The van der Waals surface area contributed by atoms with E-state index in [0.29, 0.717) is 6.61 Å². The molecule has 0 aliphatic carbocycles. The smallest absolute Gasteiger partial charge is 0.339 e. The molecule has 0 unspecified atom stereocenters. The van der Waals surface area contributed by atoms with E-state index in [9.17, 15) is 4.79 Å². The first-order valence-corrected chi connectivity index (χ1v) is 4.91. The number of cyclic esters (lactones) is 1. The average molecular weight is 206 g/mol. The van der Waals surface area contributed by atoms with Gasteiger partial charge in [0.05, 0.1) is 12.7 Å². The number of rotatable bonds is 1. The van der Waals surface area contributed by atoms with E-state index in [1.165, 1.54) is 0 Å². The van der Waals surface area contributed by atoms with E-state index in [1.54, 1.807) is 7.11 Å². The van der Waals surface area contributed by atoms with Crippen molar-refractivity contribution in [3.8, 4) is 5.75 Å². The Morgan fingerprint density at radius 3 is 2.40 bits per heavy atom. The third-order valence-electron chi connectivity index (χ3n) is 3.13. The van der Waals surface area contributed by atoms with Gasteiger partial charge in [-0.3, -0.25) is 0 Å². The summed E-state index contributed by atoms with van der Waals surface area (Å²) in [5.41, 5.74) is 4.70. The molecular formula is C12H14O3. The highest BCUT2D eigenvalue weighted by atomic mass is 16.5. The van der Waals surface area contributed by atoms with E-state index in [2.05, 4.69) is 0 Å². The second-order valence-corrected chi connectivity index (χ2v) is 3.84. The Morgan fingerprint density at radius 1 is 1.13 bits per heavy atom. The summed E-state index contributed by atoms with van der Waals surface area (Å²) in [6, 6.07) is 0. The fraction of sp³-hybridized carbons (Fsp3) is 0.417. The Labute approximate surface area is 89.0 Å². The van der Waals surface area contributed by atoms with Crippen LogP contribution in [0.3, 0.4) is 0 Å². The van der Waals surface area contributed by atoms with E-state index in [1.807, 2.05) is 20.8 Å². The zero-order valence-electron chi connectivity index (χ0n) is 9.43. The minimum absolute atomic E-state index is 0.212. The number of esters is 1. The lowest BCUT2D eigenvalue weighted by molar-refractivity contribution is 0.0534. The number of hydrogen-bond acceptors (Lipinski definition) is 3. The Bertz CT molecular complexity index is 447. The van der Waals surface area contributed by atoms with Crippen LogP contribution in [0.4, 0.5) is 0 Å². The van der Waals surface area contributed by atoms with Crippen molar-refractivity contribution in [2.45, 2.75) is 27.4 Å². The fourth-order valence-corrected chi connectivity index (χ4v) is 2.16. The molecule has 1 aliphatic heterocycles. The lowest BCUT2D eigenvalue weighted by atomic mass is 9.94. The lowest BCUT2D eigenvalue weighted by Gasteiger charge is -2.14. The van der Waals surface area contributed by atoms with Crippen LogP contribution in [-0.4, -0.2) is 13.1 Å². The van der Waals surface area contributed by atoms with Crippen LogP contribution in [0.5, 0.6) is 5.75 Å². The summed E-state index contributed by atoms with van der Waals surface area (Å²) < 4.78 is 10.4. The molecule has 0 saturated heterocycles. The van der Waals surface area contributed by atoms with Crippen LogP contribution in [-0.2, 0) is 11.3 Å². The fourth-order valence-electron chi connectivity index (χ4n) is 2.16. The van der Waals surface area contributed by atoms with Gasteiger partial charge >= 0.3 is 5.97 Å². The topological polar surface area (TPSA) is 35.5 Å². The summed E-state index contributed by atoms with van der Waals surface area (Å²) in [6.07, 6.45) is 0. The number of fused-ring (bicyclic) bond motifs is 1. The van der Waals surface area contributed by atoms with Gasteiger partial charge in [-0.05, 0) is 37.5 Å². The van der Waals surface area contributed by atoms with Gasteiger partial charge in [0.1, 0.15) is 12.4 Å². The maximum atomic E-state index is 11.5. The Balaban J connectivity index is 2.80. The van der Waals surface area contributed by atoms with Crippen molar-refractivity contribution >= 4 is 5.97 Å². The number of benzene rings is 1. The molecule has 0 N–H and O–H groups in total. The molecule has 80 valence electrons. The molecule has 0 amide bonds. The molecule has 2 rings (SSSR count). The van der Waals surface area contributed by atoms with Gasteiger partial charge in [-0.25, -0.2) is 4.79 Å². The lowest BCUT2D eigenvalue weighted by Crippen LogP contribution is -2.03. The zero-order chi connectivity index (χ0) is 11.2. The van der Waals surface area contributed by atoms with E-state index < -0.39 is 0 Å². The van der Waals surface area contributed by atoms with Gasteiger partial charge in [0, 0.05) is 5.56 Å². The standard InChI is InChI=1S/C12H14O3/c1-6-7(2)11(14-4)8(3)9-5-15-12(13)10(6)9/h5H2,1-4H3. The first-order chi connectivity index (χ1) is 7.07. The van der Waals surface area contributed by atoms with Crippen molar-refractivity contribution in [1.82, 2.24) is 0 Å². The zero-order valence-corrected chi connectivity index (χ0v) is 9.43. The monoisotopic (exact) mass is 206 g/mol. The van der Waals surface area contributed by atoms with Gasteiger partial charge in [-0.1, -0.05) is 0 Å². The van der Waals surface area contributed by atoms with Crippen molar-refractivity contribution in [2.24, 2.45) is 0 Å². The normalized spacial score (nSPS) is 13.7. The molecular weight excluding hydrogens is 192 g/mol. The predicted molar refractivity (Wildman–Crippen MR) is 56.3 cm³/mol. The van der Waals surface area contributed by atoms with Gasteiger partial charge in [0.2, 0.25) is 0 Å². The molecule has 0 spiro atoms. The van der Waals surface area contributed by atoms with Gasteiger partial charge in [0.25, 0.3) is 0 Å². The van der Waals surface area contributed by atoms with Crippen LogP contribution in [0, 0.1) is 20.8 Å². The van der Waals surface area contributed by atoms with Crippen LogP contribution in [0.25, 0.3) is 0 Å². The summed E-state index contributed by atoms with van der Waals surface area (Å²) in [5.74, 6) is 0.654. The molecule has 3 heteroatoms. The Hall–Kier alpha value is -1.51. The van der Waals surface area contributed by atoms with Crippen LogP contribution in [0.1, 0.15) is 32.6 Å². The summed E-state index contributed by atoms with van der Waals surface area (Å²) >= 11 is 0. The molecule has 1 heterocycles. The van der Waals surface area contributed by atoms with Crippen LogP contribution in [0.2, 0.25) is 0 Å². The maximum Gasteiger partial charge on any atom is 0.339 e. The van der Waals surface area contributed by atoms with E-state index in [0.717, 1.165) is 33.6 Å². The van der Waals surface area contributed by atoms with Crippen LogP contribution in [0.15, 0.2) is 0 Å². The first-order valence-electron chi connectivity index (χ1n) is 4.91. The molecule has 1 aromatic carbocycles. The second-order valence-electron chi connectivity index (χ2n) is 3.84. The molecule has 0 aromatic heterocycles. The minimum Gasteiger partial charge on any atom is -0.496 e. The highest BCUT2D eigenvalue weighted by Gasteiger charge is 2.28. The van der Waals surface area contributed by atoms with E-state index >= 15 is 0 Å². The summed E-state index contributed by atoms with van der Waals surface area (Å²) in [4.78, 5) is 11.5. The van der Waals surface area contributed by atoms with E-state index in [-0.39, 0.29) is 5.97 Å². The molecule has 0 atom stereocenters. The summed E-state index contributed by atoms with van der Waals surface area (Å²) in [7, 11) is 1.65. The maximum absolute atomic E-state index is 11.5. The number of ether oxygens (including phenoxy) is 2. The third kappa shape index (κ3) is 1.23. The van der Waals surface area contributed by atoms with E-state index in [4.69, 9.17) is 9.47 Å². The summed E-state index contributed by atoms with van der Waals surface area (Å²) in [5, 5.41) is 0. The van der Waals surface area contributed by atoms with Gasteiger partial charge in [0.15, 0.2) is 0 Å². The predicted octanol–water partition coefficient (Wildman–Crippen LogP) is 2.29. The third-order valence-corrected chi connectivity index (χ3v) is 3.13. The molecule has 15 heavy (non-hydrogen) atoms. The van der Waals surface area contributed by atoms with Crippen molar-refractivity contribution < 1.29 is 14.3 Å².